The molecule has 82 valence electrons. The quantitative estimate of drug-likeness (QED) is 0.797. The summed E-state index contributed by atoms with van der Waals surface area (Å²) in [7, 11) is -3.01. The van der Waals surface area contributed by atoms with Gasteiger partial charge in [-0.25, -0.2) is 13.1 Å². The SMILES string of the molecule is O=S(=O)(CC1CC1)NC1CCCC1Br. The van der Waals surface area contributed by atoms with Crippen LogP contribution in [0.3, 0.4) is 0 Å². The Kier molecular flexibility index (Phi) is 3.19. The van der Waals surface area contributed by atoms with Crippen LogP contribution in [0.25, 0.3) is 0 Å². The van der Waals surface area contributed by atoms with Crippen molar-refractivity contribution >= 4 is 26.0 Å². The van der Waals surface area contributed by atoms with Crippen molar-refractivity contribution in [3.8, 4) is 0 Å². The van der Waals surface area contributed by atoms with Gasteiger partial charge >= 0.3 is 0 Å². The normalized spacial score (nSPS) is 33.5. The maximum absolute atomic E-state index is 11.7. The Morgan fingerprint density at radius 3 is 2.43 bits per heavy atom. The molecule has 0 aromatic rings. The molecular weight excluding hydrogens is 266 g/mol. The monoisotopic (exact) mass is 281 g/mol. The third-order valence-corrected chi connectivity index (χ3v) is 5.58. The number of hydrogen-bond donors (Lipinski definition) is 1. The van der Waals surface area contributed by atoms with E-state index in [4.69, 9.17) is 0 Å². The van der Waals surface area contributed by atoms with Gasteiger partial charge in [0.15, 0.2) is 0 Å². The lowest BCUT2D eigenvalue weighted by atomic mass is 10.3. The van der Waals surface area contributed by atoms with Gasteiger partial charge in [0.1, 0.15) is 0 Å². The van der Waals surface area contributed by atoms with Crippen LogP contribution in [0.5, 0.6) is 0 Å². The van der Waals surface area contributed by atoms with E-state index in [-0.39, 0.29) is 6.04 Å². The van der Waals surface area contributed by atoms with E-state index in [1.165, 1.54) is 0 Å². The first-order valence-electron chi connectivity index (χ1n) is 5.21. The van der Waals surface area contributed by atoms with Crippen molar-refractivity contribution in [2.45, 2.75) is 43.0 Å². The first-order chi connectivity index (χ1) is 6.57. The van der Waals surface area contributed by atoms with Crippen LogP contribution in [-0.4, -0.2) is 25.0 Å². The van der Waals surface area contributed by atoms with Crippen LogP contribution in [0.15, 0.2) is 0 Å². The van der Waals surface area contributed by atoms with E-state index in [0.717, 1.165) is 32.1 Å². The zero-order valence-corrected chi connectivity index (χ0v) is 10.5. The minimum Gasteiger partial charge on any atom is -0.212 e. The van der Waals surface area contributed by atoms with Crippen molar-refractivity contribution in [2.24, 2.45) is 5.92 Å². The second-order valence-corrected chi connectivity index (χ2v) is 7.37. The van der Waals surface area contributed by atoms with E-state index < -0.39 is 10.0 Å². The molecule has 0 spiro atoms. The molecule has 0 bridgehead atoms. The van der Waals surface area contributed by atoms with Crippen LogP contribution >= 0.6 is 15.9 Å². The van der Waals surface area contributed by atoms with Gasteiger partial charge in [-0.05, 0) is 31.6 Å². The predicted molar refractivity (Wildman–Crippen MR) is 60.0 cm³/mol. The highest BCUT2D eigenvalue weighted by Crippen LogP contribution is 2.31. The summed E-state index contributed by atoms with van der Waals surface area (Å²) in [4.78, 5) is 0.330. The molecule has 2 atom stereocenters. The summed E-state index contributed by atoms with van der Waals surface area (Å²) in [6.07, 6.45) is 5.34. The van der Waals surface area contributed by atoms with Crippen molar-refractivity contribution in [3.63, 3.8) is 0 Å². The molecule has 2 rings (SSSR count). The Labute approximate surface area is 93.8 Å². The molecule has 2 aliphatic rings. The second kappa shape index (κ2) is 4.10. The van der Waals surface area contributed by atoms with Gasteiger partial charge in [0, 0.05) is 10.9 Å². The fourth-order valence-electron chi connectivity index (χ4n) is 1.92. The molecule has 3 nitrogen and oxygen atoms in total. The molecule has 0 heterocycles. The topological polar surface area (TPSA) is 46.2 Å². The number of sulfonamides is 1. The van der Waals surface area contributed by atoms with Crippen LogP contribution in [0.1, 0.15) is 32.1 Å². The third kappa shape index (κ3) is 2.94. The highest BCUT2D eigenvalue weighted by Gasteiger charge is 2.32. The van der Waals surface area contributed by atoms with Crippen LogP contribution in [0.4, 0.5) is 0 Å². The Morgan fingerprint density at radius 1 is 1.21 bits per heavy atom. The average Bonchev–Trinajstić information content (AvgIpc) is 2.77. The fraction of sp³-hybridized carbons (Fsp3) is 1.00. The molecule has 2 aliphatic carbocycles. The second-order valence-electron chi connectivity index (χ2n) is 4.40. The lowest BCUT2D eigenvalue weighted by Gasteiger charge is -2.15. The molecule has 0 amide bonds. The van der Waals surface area contributed by atoms with Gasteiger partial charge in [0.2, 0.25) is 10.0 Å². The summed E-state index contributed by atoms with van der Waals surface area (Å²) in [6.45, 7) is 0. The smallest absolute Gasteiger partial charge is 0.212 e. The zero-order chi connectivity index (χ0) is 10.2. The maximum atomic E-state index is 11.7. The van der Waals surface area contributed by atoms with Gasteiger partial charge in [0.05, 0.1) is 5.75 Å². The molecule has 0 aromatic heterocycles. The number of nitrogens with one attached hydrogen (secondary N) is 1. The lowest BCUT2D eigenvalue weighted by molar-refractivity contribution is 0.553. The maximum Gasteiger partial charge on any atom is 0.212 e. The molecule has 0 saturated heterocycles. The number of hydrogen-bond acceptors (Lipinski definition) is 2. The Bertz CT molecular complexity index is 300. The van der Waals surface area contributed by atoms with E-state index >= 15 is 0 Å². The standard InChI is InChI=1S/C9H16BrNO2S/c10-8-2-1-3-9(8)11-14(12,13)6-7-4-5-7/h7-9,11H,1-6H2. The van der Waals surface area contributed by atoms with Crippen LogP contribution < -0.4 is 4.72 Å². The average molecular weight is 282 g/mol. The van der Waals surface area contributed by atoms with Crippen LogP contribution in [-0.2, 0) is 10.0 Å². The molecule has 0 aliphatic heterocycles. The molecule has 2 fully saturated rings. The Hall–Kier alpha value is 0.390. The lowest BCUT2D eigenvalue weighted by Crippen LogP contribution is -2.39. The van der Waals surface area contributed by atoms with Crippen LogP contribution in [0.2, 0.25) is 0 Å². The van der Waals surface area contributed by atoms with Crippen molar-refractivity contribution in [1.82, 2.24) is 4.72 Å². The summed E-state index contributed by atoms with van der Waals surface area (Å²) in [5, 5.41) is 0. The largest absolute Gasteiger partial charge is 0.212 e. The molecular formula is C9H16BrNO2S. The molecule has 14 heavy (non-hydrogen) atoms. The van der Waals surface area contributed by atoms with Crippen molar-refractivity contribution in [2.75, 3.05) is 5.75 Å². The molecule has 1 N–H and O–H groups in total. The highest BCUT2D eigenvalue weighted by molar-refractivity contribution is 9.09. The predicted octanol–water partition coefficient (Wildman–Crippen LogP) is 1.63. The zero-order valence-electron chi connectivity index (χ0n) is 8.08. The van der Waals surface area contributed by atoms with E-state index in [1.807, 2.05) is 0 Å². The summed E-state index contributed by atoms with van der Waals surface area (Å²) >= 11 is 3.51. The minimum atomic E-state index is -3.01. The molecule has 2 unspecified atom stereocenters. The third-order valence-electron chi connectivity index (χ3n) is 2.91. The van der Waals surface area contributed by atoms with E-state index in [2.05, 4.69) is 20.7 Å². The highest BCUT2D eigenvalue weighted by atomic mass is 79.9. The van der Waals surface area contributed by atoms with Gasteiger partial charge in [0.25, 0.3) is 0 Å². The summed E-state index contributed by atoms with van der Waals surface area (Å²) in [6, 6.07) is 0.124. The first-order valence-corrected chi connectivity index (χ1v) is 7.78. The van der Waals surface area contributed by atoms with Gasteiger partial charge in [-0.3, -0.25) is 0 Å². The Balaban J connectivity index is 1.88. The molecule has 5 heteroatoms. The molecule has 2 saturated carbocycles. The van der Waals surface area contributed by atoms with Crippen LogP contribution in [0, 0.1) is 5.92 Å². The van der Waals surface area contributed by atoms with Crippen molar-refractivity contribution in [3.05, 3.63) is 0 Å². The van der Waals surface area contributed by atoms with Crippen molar-refractivity contribution < 1.29 is 8.42 Å². The number of alkyl halides is 1. The summed E-state index contributed by atoms with van der Waals surface area (Å²) in [5.74, 6) is 0.770. The number of rotatable bonds is 4. The molecule has 0 aromatic carbocycles. The van der Waals surface area contributed by atoms with Gasteiger partial charge in [-0.2, -0.15) is 0 Å². The van der Waals surface area contributed by atoms with Gasteiger partial charge in [-0.1, -0.05) is 22.4 Å². The summed E-state index contributed by atoms with van der Waals surface area (Å²) in [5.41, 5.74) is 0. The van der Waals surface area contributed by atoms with Crippen molar-refractivity contribution in [1.29, 1.82) is 0 Å². The van der Waals surface area contributed by atoms with E-state index in [0.29, 0.717) is 16.5 Å². The fourth-order valence-corrected chi connectivity index (χ4v) is 4.61. The first kappa shape index (κ1) is 10.9. The molecule has 0 radical (unpaired) electrons. The number of halogens is 1. The van der Waals surface area contributed by atoms with Gasteiger partial charge < -0.3 is 0 Å². The van der Waals surface area contributed by atoms with E-state index in [9.17, 15) is 8.42 Å². The van der Waals surface area contributed by atoms with E-state index in [1.54, 1.807) is 0 Å². The Morgan fingerprint density at radius 2 is 1.93 bits per heavy atom. The van der Waals surface area contributed by atoms with Gasteiger partial charge in [-0.15, -0.1) is 0 Å². The summed E-state index contributed by atoms with van der Waals surface area (Å²) < 4.78 is 26.1. The minimum absolute atomic E-state index is 0.124.